The van der Waals surface area contributed by atoms with Crippen LogP contribution in [0.15, 0.2) is 17.3 Å². The molecule has 0 aliphatic carbocycles. The van der Waals surface area contributed by atoms with Gasteiger partial charge < -0.3 is 10.2 Å². The molecule has 8 nitrogen and oxygen atoms in total. The molecular formula is C15H24N6O2. The molecule has 1 N–H and O–H groups in total. The Kier molecular flexibility index (Phi) is 5.49. The van der Waals surface area contributed by atoms with Gasteiger partial charge >= 0.3 is 0 Å². The summed E-state index contributed by atoms with van der Waals surface area (Å²) in [4.78, 5) is 30.6. The molecule has 0 saturated heterocycles. The highest BCUT2D eigenvalue weighted by molar-refractivity contribution is 5.77. The molecule has 2 aromatic rings. The summed E-state index contributed by atoms with van der Waals surface area (Å²) in [5.74, 6) is -0.199. The number of amides is 1. The number of likely N-dealkylation sites (N-methyl/N-ethyl adjacent to an activating group) is 1. The van der Waals surface area contributed by atoms with Crippen molar-refractivity contribution in [1.82, 2.24) is 29.5 Å². The number of aryl methyl sites for hydroxylation is 1. The third-order valence-corrected chi connectivity index (χ3v) is 4.16. The summed E-state index contributed by atoms with van der Waals surface area (Å²) >= 11 is 0. The highest BCUT2D eigenvalue weighted by Crippen LogP contribution is 2.02. The Bertz CT molecular complexity index is 735. The zero-order chi connectivity index (χ0) is 17.0. The van der Waals surface area contributed by atoms with Gasteiger partial charge in [-0.25, -0.2) is 4.98 Å². The first kappa shape index (κ1) is 17.1. The summed E-state index contributed by atoms with van der Waals surface area (Å²) in [6, 6.07) is 0.478. The summed E-state index contributed by atoms with van der Waals surface area (Å²) in [5, 5.41) is 7.25. The van der Waals surface area contributed by atoms with Gasteiger partial charge in [-0.05, 0) is 20.4 Å². The molecule has 2 aromatic heterocycles. The first-order valence-corrected chi connectivity index (χ1v) is 7.78. The highest BCUT2D eigenvalue weighted by atomic mass is 16.2. The fourth-order valence-electron chi connectivity index (χ4n) is 2.29. The SMILES string of the molecule is CCC(C)N(C)CCNC(=O)Cn1cnc2c(cnn2C)c1=O. The maximum absolute atomic E-state index is 12.3. The van der Waals surface area contributed by atoms with Gasteiger partial charge in [-0.2, -0.15) is 5.10 Å². The minimum Gasteiger partial charge on any atom is -0.353 e. The molecular weight excluding hydrogens is 296 g/mol. The van der Waals surface area contributed by atoms with Gasteiger partial charge in [0.25, 0.3) is 5.56 Å². The van der Waals surface area contributed by atoms with Crippen molar-refractivity contribution in [3.8, 4) is 0 Å². The normalized spacial score (nSPS) is 12.7. The van der Waals surface area contributed by atoms with Crippen LogP contribution in [0.3, 0.4) is 0 Å². The molecule has 0 spiro atoms. The number of aromatic nitrogens is 4. The number of nitrogens with zero attached hydrogens (tertiary/aromatic N) is 5. The van der Waals surface area contributed by atoms with Crippen LogP contribution in [-0.4, -0.2) is 56.3 Å². The van der Waals surface area contributed by atoms with Crippen molar-refractivity contribution in [2.45, 2.75) is 32.9 Å². The summed E-state index contributed by atoms with van der Waals surface area (Å²) < 4.78 is 2.84. The van der Waals surface area contributed by atoms with Crippen molar-refractivity contribution >= 4 is 16.9 Å². The number of fused-ring (bicyclic) bond motifs is 1. The van der Waals surface area contributed by atoms with Crippen molar-refractivity contribution in [3.63, 3.8) is 0 Å². The lowest BCUT2D eigenvalue weighted by atomic mass is 10.2. The average Bonchev–Trinajstić information content (AvgIpc) is 2.91. The summed E-state index contributed by atoms with van der Waals surface area (Å²) in [7, 11) is 3.75. The van der Waals surface area contributed by atoms with E-state index >= 15 is 0 Å². The van der Waals surface area contributed by atoms with E-state index in [1.54, 1.807) is 7.05 Å². The third kappa shape index (κ3) is 3.95. The molecule has 0 aliphatic rings. The Balaban J connectivity index is 1.93. The predicted octanol–water partition coefficient (Wildman–Crippen LogP) is -0.0235. The topological polar surface area (TPSA) is 85.1 Å². The number of hydrogen-bond acceptors (Lipinski definition) is 5. The van der Waals surface area contributed by atoms with Gasteiger partial charge in [0.2, 0.25) is 5.91 Å². The second-order valence-electron chi connectivity index (χ2n) is 5.77. The molecule has 1 unspecified atom stereocenters. The monoisotopic (exact) mass is 320 g/mol. The number of hydrogen-bond donors (Lipinski definition) is 1. The highest BCUT2D eigenvalue weighted by Gasteiger charge is 2.11. The van der Waals surface area contributed by atoms with Crippen molar-refractivity contribution in [2.24, 2.45) is 7.05 Å². The van der Waals surface area contributed by atoms with Gasteiger partial charge in [0.15, 0.2) is 5.65 Å². The summed E-state index contributed by atoms with van der Waals surface area (Å²) in [6.07, 6.45) is 3.92. The van der Waals surface area contributed by atoms with Crippen molar-refractivity contribution in [1.29, 1.82) is 0 Å². The number of carbonyl (C=O) groups excluding carboxylic acids is 1. The molecule has 0 bridgehead atoms. The van der Waals surface area contributed by atoms with Gasteiger partial charge in [0, 0.05) is 26.2 Å². The van der Waals surface area contributed by atoms with Crippen molar-refractivity contribution in [2.75, 3.05) is 20.1 Å². The molecule has 0 aromatic carbocycles. The zero-order valence-electron chi connectivity index (χ0n) is 14.1. The van der Waals surface area contributed by atoms with Gasteiger partial charge in [0.1, 0.15) is 18.3 Å². The van der Waals surface area contributed by atoms with Crippen LogP contribution in [0.25, 0.3) is 11.0 Å². The molecule has 0 radical (unpaired) electrons. The number of nitrogens with one attached hydrogen (secondary N) is 1. The van der Waals surface area contributed by atoms with Gasteiger partial charge in [-0.3, -0.25) is 18.8 Å². The second kappa shape index (κ2) is 7.36. The van der Waals surface area contributed by atoms with E-state index in [0.29, 0.717) is 23.6 Å². The van der Waals surface area contributed by atoms with Crippen LogP contribution in [0.2, 0.25) is 0 Å². The van der Waals surface area contributed by atoms with E-state index in [1.807, 2.05) is 7.05 Å². The molecule has 2 heterocycles. The Morgan fingerprint density at radius 1 is 1.48 bits per heavy atom. The molecule has 1 amide bonds. The fraction of sp³-hybridized carbons (Fsp3) is 0.600. The van der Waals surface area contributed by atoms with Crippen molar-refractivity contribution in [3.05, 3.63) is 22.9 Å². The van der Waals surface area contributed by atoms with Gasteiger partial charge in [0.05, 0.1) is 6.20 Å². The predicted molar refractivity (Wildman–Crippen MR) is 88.2 cm³/mol. The largest absolute Gasteiger partial charge is 0.353 e. The van der Waals surface area contributed by atoms with E-state index in [1.165, 1.54) is 21.8 Å². The number of rotatable bonds is 7. The fourth-order valence-corrected chi connectivity index (χ4v) is 2.29. The molecule has 2 rings (SSSR count). The van der Waals surface area contributed by atoms with E-state index in [4.69, 9.17) is 0 Å². The molecule has 0 saturated carbocycles. The van der Waals surface area contributed by atoms with E-state index < -0.39 is 0 Å². The van der Waals surface area contributed by atoms with E-state index in [0.717, 1.165) is 13.0 Å². The van der Waals surface area contributed by atoms with E-state index in [-0.39, 0.29) is 18.0 Å². The lowest BCUT2D eigenvalue weighted by Crippen LogP contribution is -2.39. The Morgan fingerprint density at radius 3 is 2.91 bits per heavy atom. The lowest BCUT2D eigenvalue weighted by Gasteiger charge is -2.23. The molecule has 23 heavy (non-hydrogen) atoms. The molecule has 126 valence electrons. The molecule has 0 fully saturated rings. The van der Waals surface area contributed by atoms with Crippen LogP contribution in [0.1, 0.15) is 20.3 Å². The number of carbonyl (C=O) groups is 1. The first-order chi connectivity index (χ1) is 10.9. The van der Waals surface area contributed by atoms with Gasteiger partial charge in [-0.15, -0.1) is 0 Å². The van der Waals surface area contributed by atoms with Crippen molar-refractivity contribution < 1.29 is 4.79 Å². The Labute approximate surface area is 135 Å². The third-order valence-electron chi connectivity index (χ3n) is 4.16. The standard InChI is InChI=1S/C15H24N6O2/c1-5-11(2)19(3)7-6-16-13(22)9-21-10-17-14-12(15(21)23)8-18-20(14)4/h8,10-11H,5-7,9H2,1-4H3,(H,16,22). The van der Waals surface area contributed by atoms with Crippen LogP contribution in [0.5, 0.6) is 0 Å². The first-order valence-electron chi connectivity index (χ1n) is 7.78. The quantitative estimate of drug-likeness (QED) is 0.775. The second-order valence-corrected chi connectivity index (χ2v) is 5.77. The van der Waals surface area contributed by atoms with Crippen LogP contribution in [0, 0.1) is 0 Å². The maximum atomic E-state index is 12.3. The Morgan fingerprint density at radius 2 is 2.22 bits per heavy atom. The summed E-state index contributed by atoms with van der Waals surface area (Å²) in [5.41, 5.74) is 0.261. The van der Waals surface area contributed by atoms with Crippen LogP contribution in [0.4, 0.5) is 0 Å². The molecule has 8 heteroatoms. The summed E-state index contributed by atoms with van der Waals surface area (Å²) in [6.45, 7) is 5.57. The zero-order valence-corrected chi connectivity index (χ0v) is 14.1. The smallest absolute Gasteiger partial charge is 0.264 e. The van der Waals surface area contributed by atoms with E-state index in [9.17, 15) is 9.59 Å². The molecule has 1 atom stereocenters. The minimum absolute atomic E-state index is 0.0380. The van der Waals surface area contributed by atoms with Gasteiger partial charge in [-0.1, -0.05) is 6.92 Å². The average molecular weight is 320 g/mol. The van der Waals surface area contributed by atoms with Crippen LogP contribution in [-0.2, 0) is 18.4 Å². The van der Waals surface area contributed by atoms with E-state index in [2.05, 4.69) is 34.1 Å². The maximum Gasteiger partial charge on any atom is 0.264 e. The molecule has 0 aliphatic heterocycles. The van der Waals surface area contributed by atoms with Crippen LogP contribution >= 0.6 is 0 Å². The van der Waals surface area contributed by atoms with Crippen LogP contribution < -0.4 is 10.9 Å². The Hall–Kier alpha value is -2.22. The minimum atomic E-state index is -0.255. The lowest BCUT2D eigenvalue weighted by molar-refractivity contribution is -0.121.